The van der Waals surface area contributed by atoms with E-state index < -0.39 is 5.92 Å². The van der Waals surface area contributed by atoms with Gasteiger partial charge in [-0.05, 0) is 31.5 Å². The van der Waals surface area contributed by atoms with E-state index in [0.717, 1.165) is 33.4 Å². The highest BCUT2D eigenvalue weighted by Crippen LogP contribution is 2.39. The van der Waals surface area contributed by atoms with Crippen molar-refractivity contribution >= 4 is 16.6 Å². The number of allylic oxidation sites excluding steroid dienone is 2. The second-order valence-corrected chi connectivity index (χ2v) is 6.73. The lowest BCUT2D eigenvalue weighted by atomic mass is 9.76. The fourth-order valence-electron chi connectivity index (χ4n) is 3.69. The normalized spacial score (nSPS) is 19.7. The van der Waals surface area contributed by atoms with Gasteiger partial charge in [-0.25, -0.2) is 0 Å². The Morgan fingerprint density at radius 2 is 2.04 bits per heavy atom. The van der Waals surface area contributed by atoms with Crippen molar-refractivity contribution < 1.29 is 0 Å². The minimum absolute atomic E-state index is 0.335. The molecule has 1 aliphatic heterocycles. The molecule has 7 nitrogen and oxygen atoms in total. The predicted octanol–water partition coefficient (Wildman–Crippen LogP) is 3.46. The van der Waals surface area contributed by atoms with Gasteiger partial charge in [-0.2, -0.15) is 20.7 Å². The molecule has 0 fully saturated rings. The summed E-state index contributed by atoms with van der Waals surface area (Å²) in [7, 11) is 1.86. The van der Waals surface area contributed by atoms with E-state index >= 15 is 0 Å². The summed E-state index contributed by atoms with van der Waals surface area (Å²) in [5.74, 6) is -0.798. The number of rotatable bonds is 2. The van der Waals surface area contributed by atoms with Crippen LogP contribution in [0, 0.1) is 28.6 Å². The van der Waals surface area contributed by atoms with Gasteiger partial charge in [0.15, 0.2) is 0 Å². The maximum atomic E-state index is 9.71. The van der Waals surface area contributed by atoms with Crippen LogP contribution in [0.4, 0.5) is 0 Å². The first kappa shape index (κ1) is 16.7. The quantitative estimate of drug-likeness (QED) is 0.759. The first-order chi connectivity index (χ1) is 13.0. The van der Waals surface area contributed by atoms with Crippen molar-refractivity contribution in [3.05, 3.63) is 47.4 Å². The van der Waals surface area contributed by atoms with E-state index in [0.29, 0.717) is 11.3 Å². The number of nitriles is 2. The Morgan fingerprint density at radius 1 is 1.22 bits per heavy atom. The molecule has 27 heavy (non-hydrogen) atoms. The molecule has 0 bridgehead atoms. The Labute approximate surface area is 156 Å². The molecule has 4 rings (SSSR count). The molecule has 0 saturated heterocycles. The lowest BCUT2D eigenvalue weighted by Crippen LogP contribution is -2.24. The van der Waals surface area contributed by atoms with Crippen molar-refractivity contribution in [3.63, 3.8) is 0 Å². The smallest absolute Gasteiger partial charge is 0.103 e. The number of hydrogen-bond donors (Lipinski definition) is 1. The number of aromatic amines is 1. The fraction of sp³-hybridized carbons (Fsp3) is 0.250. The fourth-order valence-corrected chi connectivity index (χ4v) is 3.69. The Bertz CT molecular complexity index is 1190. The standard InChI is InChI=1S/C20H17N7/c1-11-16(7-21)19(17(8-22)12(2)24-11)13-4-5-18-15(6-13)20(26-25-18)14-9-23-27(3)10-14/h4-6,9-10,16,19H,1-3H3,(H,25,26). The van der Waals surface area contributed by atoms with Gasteiger partial charge in [0, 0.05) is 35.8 Å². The van der Waals surface area contributed by atoms with Crippen molar-refractivity contribution in [2.75, 3.05) is 0 Å². The summed E-state index contributed by atoms with van der Waals surface area (Å²) in [4.78, 5) is 4.40. The molecule has 0 radical (unpaired) electrons. The van der Waals surface area contributed by atoms with Gasteiger partial charge in [0.2, 0.25) is 0 Å². The van der Waals surface area contributed by atoms with Crippen LogP contribution in [-0.4, -0.2) is 25.7 Å². The molecule has 1 aliphatic rings. The van der Waals surface area contributed by atoms with E-state index in [9.17, 15) is 10.5 Å². The molecule has 2 unspecified atom stereocenters. The largest absolute Gasteiger partial charge is 0.277 e. The second-order valence-electron chi connectivity index (χ2n) is 6.73. The SMILES string of the molecule is CC1=NC(C)=C(C#N)C(c2ccc3[nH]nc(-c4cnn(C)c4)c3c2)C1C#N. The topological polar surface area (TPSA) is 106 Å². The third kappa shape index (κ3) is 2.61. The van der Waals surface area contributed by atoms with Gasteiger partial charge in [0.1, 0.15) is 5.69 Å². The summed E-state index contributed by atoms with van der Waals surface area (Å²) in [6, 6.07) is 10.5. The van der Waals surface area contributed by atoms with Crippen LogP contribution in [0.15, 0.2) is 46.9 Å². The van der Waals surface area contributed by atoms with Crippen molar-refractivity contribution in [2.45, 2.75) is 19.8 Å². The van der Waals surface area contributed by atoms with Crippen molar-refractivity contribution in [1.82, 2.24) is 20.0 Å². The monoisotopic (exact) mass is 355 g/mol. The molecule has 0 aliphatic carbocycles. The summed E-state index contributed by atoms with van der Waals surface area (Å²) in [6.45, 7) is 3.66. The highest BCUT2D eigenvalue weighted by molar-refractivity contribution is 5.94. The molecular weight excluding hydrogens is 338 g/mol. The maximum absolute atomic E-state index is 9.71. The number of fused-ring (bicyclic) bond motifs is 1. The summed E-state index contributed by atoms with van der Waals surface area (Å²) in [5.41, 5.74) is 5.46. The van der Waals surface area contributed by atoms with Crippen molar-refractivity contribution in [2.24, 2.45) is 18.0 Å². The van der Waals surface area contributed by atoms with Gasteiger partial charge >= 0.3 is 0 Å². The molecule has 0 amide bonds. The third-order valence-corrected chi connectivity index (χ3v) is 5.01. The number of aromatic nitrogens is 4. The lowest BCUT2D eigenvalue weighted by molar-refractivity contribution is 0.704. The second kappa shape index (κ2) is 6.22. The van der Waals surface area contributed by atoms with Gasteiger partial charge < -0.3 is 0 Å². The van der Waals surface area contributed by atoms with Crippen LogP contribution >= 0.6 is 0 Å². The van der Waals surface area contributed by atoms with Crippen LogP contribution in [0.1, 0.15) is 25.3 Å². The van der Waals surface area contributed by atoms with E-state index in [2.05, 4.69) is 32.4 Å². The van der Waals surface area contributed by atoms with E-state index in [1.807, 2.05) is 45.3 Å². The Hall–Kier alpha value is -3.71. The summed E-state index contributed by atoms with van der Waals surface area (Å²) < 4.78 is 1.73. The van der Waals surface area contributed by atoms with E-state index in [4.69, 9.17) is 0 Å². The number of H-pyrrole nitrogens is 1. The molecule has 7 heteroatoms. The summed E-state index contributed by atoms with van der Waals surface area (Å²) in [6.07, 6.45) is 3.67. The van der Waals surface area contributed by atoms with E-state index in [1.54, 1.807) is 10.9 Å². The summed E-state index contributed by atoms with van der Waals surface area (Å²) in [5, 5.41) is 32.0. The number of hydrogen-bond acceptors (Lipinski definition) is 5. The molecule has 1 aromatic carbocycles. The molecule has 0 saturated carbocycles. The van der Waals surface area contributed by atoms with Crippen LogP contribution in [0.2, 0.25) is 0 Å². The molecular formula is C20H17N7. The average Bonchev–Trinajstić information content (AvgIpc) is 3.26. The number of nitrogens with zero attached hydrogens (tertiary/aromatic N) is 6. The predicted molar refractivity (Wildman–Crippen MR) is 102 cm³/mol. The maximum Gasteiger partial charge on any atom is 0.103 e. The van der Waals surface area contributed by atoms with Crippen LogP contribution < -0.4 is 0 Å². The Kier molecular flexibility index (Phi) is 3.86. The Morgan fingerprint density at radius 3 is 2.70 bits per heavy atom. The van der Waals surface area contributed by atoms with Crippen molar-refractivity contribution in [1.29, 1.82) is 10.5 Å². The van der Waals surface area contributed by atoms with Gasteiger partial charge in [0.05, 0.1) is 41.0 Å². The van der Waals surface area contributed by atoms with Gasteiger partial charge in [0.25, 0.3) is 0 Å². The van der Waals surface area contributed by atoms with Gasteiger partial charge in [-0.3, -0.25) is 14.8 Å². The number of nitrogens with one attached hydrogen (secondary N) is 1. The minimum atomic E-state index is -0.463. The molecule has 2 atom stereocenters. The molecule has 3 aromatic rings. The first-order valence-electron chi connectivity index (χ1n) is 8.56. The van der Waals surface area contributed by atoms with Crippen molar-refractivity contribution in [3.8, 4) is 23.4 Å². The number of benzene rings is 1. The third-order valence-electron chi connectivity index (χ3n) is 5.01. The molecule has 0 spiro atoms. The summed E-state index contributed by atoms with van der Waals surface area (Å²) >= 11 is 0. The average molecular weight is 355 g/mol. The molecule has 132 valence electrons. The van der Waals surface area contributed by atoms with Crippen LogP contribution in [0.5, 0.6) is 0 Å². The van der Waals surface area contributed by atoms with Crippen LogP contribution in [0.3, 0.4) is 0 Å². The molecule has 1 N–H and O–H groups in total. The van der Waals surface area contributed by atoms with E-state index in [1.165, 1.54) is 0 Å². The first-order valence-corrected chi connectivity index (χ1v) is 8.56. The molecule has 3 heterocycles. The highest BCUT2D eigenvalue weighted by Gasteiger charge is 2.34. The van der Waals surface area contributed by atoms with E-state index in [-0.39, 0.29) is 5.92 Å². The van der Waals surface area contributed by atoms with Crippen LogP contribution in [0.25, 0.3) is 22.2 Å². The Balaban J connectivity index is 1.90. The van der Waals surface area contributed by atoms with Gasteiger partial charge in [-0.1, -0.05) is 6.07 Å². The molecule has 2 aromatic heterocycles. The number of aliphatic imine (C=N–C) groups is 1. The zero-order valence-corrected chi connectivity index (χ0v) is 15.2. The zero-order chi connectivity index (χ0) is 19.1. The number of aryl methyl sites for hydroxylation is 1. The minimum Gasteiger partial charge on any atom is -0.277 e. The lowest BCUT2D eigenvalue weighted by Gasteiger charge is -2.26. The highest BCUT2D eigenvalue weighted by atomic mass is 15.2. The van der Waals surface area contributed by atoms with Crippen LogP contribution in [-0.2, 0) is 7.05 Å². The van der Waals surface area contributed by atoms with Gasteiger partial charge in [-0.15, -0.1) is 0 Å². The zero-order valence-electron chi connectivity index (χ0n) is 15.2.